The Labute approximate surface area is 114 Å². The number of pyridine rings is 1. The summed E-state index contributed by atoms with van der Waals surface area (Å²) >= 11 is 0. The summed E-state index contributed by atoms with van der Waals surface area (Å²) in [5.41, 5.74) is 5.19. The van der Waals surface area contributed by atoms with Crippen LogP contribution in [0.15, 0.2) is 43.1 Å². The largest absolute Gasteiger partial charge is 0.352 e. The molecule has 1 aromatic carbocycles. The Bertz CT molecular complexity index is 616. The molecule has 2 heterocycles. The van der Waals surface area contributed by atoms with Gasteiger partial charge in [0.15, 0.2) is 0 Å². The quantitative estimate of drug-likeness (QED) is 0.809. The third-order valence-corrected chi connectivity index (χ3v) is 3.74. The topological polar surface area (TPSA) is 16.1 Å². The highest BCUT2D eigenvalue weighted by Gasteiger charge is 2.18. The number of aromatic nitrogens is 1. The maximum absolute atomic E-state index is 4.60. The molecule has 0 fully saturated rings. The van der Waals surface area contributed by atoms with E-state index < -0.39 is 0 Å². The number of hydrogen-bond acceptors (Lipinski definition) is 2. The van der Waals surface area contributed by atoms with E-state index in [2.05, 4.69) is 53.7 Å². The lowest BCUT2D eigenvalue weighted by Gasteiger charge is -2.30. The Morgan fingerprint density at radius 2 is 2.05 bits per heavy atom. The SMILES string of the molecule is C=Cc1cnc(N2CCc3ccccc3C2)c(C)c1. The number of nitrogens with zero attached hydrogens (tertiary/aromatic N) is 2. The summed E-state index contributed by atoms with van der Waals surface area (Å²) < 4.78 is 0. The van der Waals surface area contributed by atoms with E-state index >= 15 is 0 Å². The molecule has 0 bridgehead atoms. The van der Waals surface area contributed by atoms with E-state index in [4.69, 9.17) is 0 Å². The van der Waals surface area contributed by atoms with Gasteiger partial charge in [-0.3, -0.25) is 0 Å². The number of aryl methyl sites for hydroxylation is 1. The molecule has 0 spiro atoms. The second-order valence-corrected chi connectivity index (χ2v) is 5.05. The molecule has 3 rings (SSSR count). The normalized spacial score (nSPS) is 14.1. The lowest BCUT2D eigenvalue weighted by molar-refractivity contribution is 0.718. The summed E-state index contributed by atoms with van der Waals surface area (Å²) in [5.74, 6) is 1.10. The predicted octanol–water partition coefficient (Wildman–Crippen LogP) is 3.60. The molecule has 0 amide bonds. The van der Waals surface area contributed by atoms with Crippen molar-refractivity contribution in [3.63, 3.8) is 0 Å². The summed E-state index contributed by atoms with van der Waals surface area (Å²) in [6.07, 6.45) is 4.84. The molecule has 0 radical (unpaired) electrons. The highest BCUT2D eigenvalue weighted by molar-refractivity contribution is 5.55. The average molecular weight is 250 g/mol. The molecule has 2 aromatic rings. The predicted molar refractivity (Wildman–Crippen MR) is 80.3 cm³/mol. The molecule has 0 saturated carbocycles. The zero-order valence-corrected chi connectivity index (χ0v) is 11.3. The second kappa shape index (κ2) is 4.88. The monoisotopic (exact) mass is 250 g/mol. The highest BCUT2D eigenvalue weighted by Crippen LogP contribution is 2.25. The lowest BCUT2D eigenvalue weighted by atomic mass is 9.99. The Hall–Kier alpha value is -2.09. The van der Waals surface area contributed by atoms with Crippen molar-refractivity contribution in [1.29, 1.82) is 0 Å². The van der Waals surface area contributed by atoms with Crippen LogP contribution in [-0.4, -0.2) is 11.5 Å². The van der Waals surface area contributed by atoms with E-state index in [0.717, 1.165) is 30.9 Å². The first kappa shape index (κ1) is 12.0. The zero-order chi connectivity index (χ0) is 13.2. The summed E-state index contributed by atoms with van der Waals surface area (Å²) in [6, 6.07) is 10.8. The number of rotatable bonds is 2. The minimum atomic E-state index is 0.956. The van der Waals surface area contributed by atoms with Crippen molar-refractivity contribution in [3.8, 4) is 0 Å². The minimum absolute atomic E-state index is 0.956. The van der Waals surface area contributed by atoms with Crippen LogP contribution in [0.25, 0.3) is 6.08 Å². The summed E-state index contributed by atoms with van der Waals surface area (Å²) in [7, 11) is 0. The van der Waals surface area contributed by atoms with Crippen molar-refractivity contribution in [3.05, 3.63) is 65.4 Å². The van der Waals surface area contributed by atoms with Crippen LogP contribution in [0, 0.1) is 6.92 Å². The second-order valence-electron chi connectivity index (χ2n) is 5.05. The Morgan fingerprint density at radius 1 is 1.26 bits per heavy atom. The third kappa shape index (κ3) is 2.26. The van der Waals surface area contributed by atoms with Gasteiger partial charge in [0, 0.05) is 19.3 Å². The number of fused-ring (bicyclic) bond motifs is 1. The molecular formula is C17H18N2. The van der Waals surface area contributed by atoms with E-state index in [1.807, 2.05) is 12.3 Å². The third-order valence-electron chi connectivity index (χ3n) is 3.74. The van der Waals surface area contributed by atoms with Gasteiger partial charge in [-0.15, -0.1) is 0 Å². The summed E-state index contributed by atoms with van der Waals surface area (Å²) in [6.45, 7) is 7.91. The first-order valence-electron chi connectivity index (χ1n) is 6.69. The first-order chi connectivity index (χ1) is 9.28. The molecular weight excluding hydrogens is 232 g/mol. The van der Waals surface area contributed by atoms with Crippen molar-refractivity contribution in [2.24, 2.45) is 0 Å². The van der Waals surface area contributed by atoms with Gasteiger partial charge in [-0.2, -0.15) is 0 Å². The standard InChI is InChI=1S/C17H18N2/c1-3-14-10-13(2)17(18-11-14)19-9-8-15-6-4-5-7-16(15)12-19/h3-7,10-11H,1,8-9,12H2,2H3. The van der Waals surface area contributed by atoms with Crippen LogP contribution in [0.2, 0.25) is 0 Å². The van der Waals surface area contributed by atoms with Crippen LogP contribution in [-0.2, 0) is 13.0 Å². The molecule has 0 saturated heterocycles. The molecule has 0 atom stereocenters. The van der Waals surface area contributed by atoms with Crippen LogP contribution < -0.4 is 4.90 Å². The van der Waals surface area contributed by atoms with Gasteiger partial charge in [0.1, 0.15) is 5.82 Å². The van der Waals surface area contributed by atoms with E-state index in [0.29, 0.717) is 0 Å². The van der Waals surface area contributed by atoms with Gasteiger partial charge in [0.25, 0.3) is 0 Å². The van der Waals surface area contributed by atoms with Crippen LogP contribution in [0.3, 0.4) is 0 Å². The molecule has 0 aliphatic carbocycles. The van der Waals surface area contributed by atoms with E-state index in [-0.39, 0.29) is 0 Å². The Balaban J connectivity index is 1.91. The van der Waals surface area contributed by atoms with E-state index in [1.54, 1.807) is 0 Å². The molecule has 0 N–H and O–H groups in total. The maximum atomic E-state index is 4.60. The first-order valence-corrected chi connectivity index (χ1v) is 6.69. The minimum Gasteiger partial charge on any atom is -0.352 e. The van der Waals surface area contributed by atoms with Crippen LogP contribution in [0.5, 0.6) is 0 Å². The van der Waals surface area contributed by atoms with E-state index in [9.17, 15) is 0 Å². The van der Waals surface area contributed by atoms with Crippen molar-refractivity contribution in [2.45, 2.75) is 19.9 Å². The van der Waals surface area contributed by atoms with Crippen molar-refractivity contribution >= 4 is 11.9 Å². The van der Waals surface area contributed by atoms with Gasteiger partial charge in [-0.25, -0.2) is 4.98 Å². The van der Waals surface area contributed by atoms with Gasteiger partial charge in [0.2, 0.25) is 0 Å². The van der Waals surface area contributed by atoms with Gasteiger partial charge in [-0.1, -0.05) is 36.9 Å². The van der Waals surface area contributed by atoms with Crippen LogP contribution in [0.1, 0.15) is 22.3 Å². The van der Waals surface area contributed by atoms with Gasteiger partial charge < -0.3 is 4.90 Å². The summed E-state index contributed by atoms with van der Waals surface area (Å²) in [4.78, 5) is 6.97. The zero-order valence-electron chi connectivity index (χ0n) is 11.3. The van der Waals surface area contributed by atoms with Crippen molar-refractivity contribution in [1.82, 2.24) is 4.98 Å². The summed E-state index contributed by atoms with van der Waals surface area (Å²) in [5, 5.41) is 0. The number of hydrogen-bond donors (Lipinski definition) is 0. The molecule has 19 heavy (non-hydrogen) atoms. The smallest absolute Gasteiger partial charge is 0.131 e. The number of benzene rings is 1. The van der Waals surface area contributed by atoms with Crippen LogP contribution >= 0.6 is 0 Å². The fourth-order valence-corrected chi connectivity index (χ4v) is 2.71. The molecule has 1 aliphatic rings. The van der Waals surface area contributed by atoms with Gasteiger partial charge >= 0.3 is 0 Å². The molecule has 0 unspecified atom stereocenters. The van der Waals surface area contributed by atoms with E-state index in [1.165, 1.54) is 16.7 Å². The van der Waals surface area contributed by atoms with Crippen molar-refractivity contribution < 1.29 is 0 Å². The van der Waals surface area contributed by atoms with Gasteiger partial charge in [0.05, 0.1) is 0 Å². The van der Waals surface area contributed by atoms with Gasteiger partial charge in [-0.05, 0) is 41.7 Å². The molecule has 2 heteroatoms. The van der Waals surface area contributed by atoms with Crippen LogP contribution in [0.4, 0.5) is 5.82 Å². The van der Waals surface area contributed by atoms with Crippen molar-refractivity contribution in [2.75, 3.05) is 11.4 Å². The Morgan fingerprint density at radius 3 is 2.79 bits per heavy atom. The Kier molecular flexibility index (Phi) is 3.08. The molecule has 1 aromatic heterocycles. The number of anilines is 1. The fraction of sp³-hybridized carbons (Fsp3) is 0.235. The lowest BCUT2D eigenvalue weighted by Crippen LogP contribution is -2.31. The fourth-order valence-electron chi connectivity index (χ4n) is 2.71. The molecule has 2 nitrogen and oxygen atoms in total. The molecule has 96 valence electrons. The average Bonchev–Trinajstić information content (AvgIpc) is 2.46. The maximum Gasteiger partial charge on any atom is 0.131 e. The highest BCUT2D eigenvalue weighted by atomic mass is 15.2. The molecule has 1 aliphatic heterocycles.